The maximum Gasteiger partial charge on any atom is 0.191 e. The molecule has 3 N–H and O–H groups in total. The van der Waals surface area contributed by atoms with Crippen LogP contribution >= 0.6 is 24.0 Å². The Kier molecular flexibility index (Phi) is 12.1. The topological polar surface area (TPSA) is 64.7 Å². The maximum absolute atomic E-state index is 13.5. The van der Waals surface area contributed by atoms with Crippen molar-refractivity contribution in [3.8, 4) is 0 Å². The lowest BCUT2D eigenvalue weighted by Gasteiger charge is -2.16. The Labute approximate surface area is 184 Å². The molecule has 0 atom stereocenters. The van der Waals surface area contributed by atoms with Gasteiger partial charge in [0.05, 0.1) is 6.54 Å². The lowest BCUT2D eigenvalue weighted by Crippen LogP contribution is -2.39. The second kappa shape index (κ2) is 13.7. The summed E-state index contributed by atoms with van der Waals surface area (Å²) in [4.78, 5) is 10.1. The zero-order chi connectivity index (χ0) is 19.5. The van der Waals surface area contributed by atoms with Crippen LogP contribution in [-0.2, 0) is 11.2 Å². The molecule has 0 aliphatic carbocycles. The first-order valence-corrected chi connectivity index (χ1v) is 9.59. The second-order valence-electron chi connectivity index (χ2n) is 6.59. The molecule has 0 saturated carbocycles. The van der Waals surface area contributed by atoms with Gasteiger partial charge in [-0.15, -0.1) is 24.0 Å². The van der Waals surface area contributed by atoms with Crippen molar-refractivity contribution in [2.75, 3.05) is 53.5 Å². The Morgan fingerprint density at radius 3 is 2.86 bits per heavy atom. The molecule has 0 aliphatic rings. The molecule has 158 valence electrons. The number of hydrogen-bond acceptors (Lipinski definition) is 3. The van der Waals surface area contributed by atoms with Gasteiger partial charge in [0.1, 0.15) is 5.82 Å². The zero-order valence-electron chi connectivity index (χ0n) is 17.1. The van der Waals surface area contributed by atoms with Gasteiger partial charge in [0, 0.05) is 57.0 Å². The average Bonchev–Trinajstić information content (AvgIpc) is 3.04. The number of aromatic amines is 1. The Bertz CT molecular complexity index is 722. The van der Waals surface area contributed by atoms with Crippen molar-refractivity contribution in [2.24, 2.45) is 4.99 Å². The van der Waals surface area contributed by atoms with Crippen LogP contribution in [0.4, 0.5) is 4.39 Å². The van der Waals surface area contributed by atoms with E-state index in [0.717, 1.165) is 74.6 Å². The van der Waals surface area contributed by atoms with E-state index in [1.807, 2.05) is 6.20 Å². The van der Waals surface area contributed by atoms with E-state index >= 15 is 0 Å². The summed E-state index contributed by atoms with van der Waals surface area (Å²) in [5, 5.41) is 7.57. The van der Waals surface area contributed by atoms with E-state index in [1.54, 1.807) is 19.2 Å². The van der Waals surface area contributed by atoms with Gasteiger partial charge in [-0.2, -0.15) is 0 Å². The minimum absolute atomic E-state index is 0. The van der Waals surface area contributed by atoms with Crippen molar-refractivity contribution in [1.29, 1.82) is 0 Å². The number of halogens is 2. The quantitative estimate of drug-likeness (QED) is 0.190. The number of likely N-dealkylation sites (N-methyl/N-ethyl adjacent to an activating group) is 1. The molecule has 0 bridgehead atoms. The second-order valence-corrected chi connectivity index (χ2v) is 6.59. The highest BCUT2D eigenvalue weighted by Crippen LogP contribution is 2.19. The molecule has 1 aromatic carbocycles. The Hall–Kier alpha value is -1.39. The first-order chi connectivity index (χ1) is 13.1. The van der Waals surface area contributed by atoms with Crippen molar-refractivity contribution in [3.05, 3.63) is 35.8 Å². The molecular formula is C20H33FIN5O. The number of rotatable bonds is 11. The van der Waals surface area contributed by atoms with Crippen molar-refractivity contribution >= 4 is 40.8 Å². The number of aliphatic imine (C=N–C) groups is 1. The van der Waals surface area contributed by atoms with E-state index in [0.29, 0.717) is 0 Å². The first kappa shape index (κ1) is 24.6. The third kappa shape index (κ3) is 8.32. The van der Waals surface area contributed by atoms with Crippen molar-refractivity contribution in [2.45, 2.75) is 19.8 Å². The molecule has 0 saturated heterocycles. The lowest BCUT2D eigenvalue weighted by molar-refractivity contribution is 0.180. The number of benzene rings is 1. The van der Waals surface area contributed by atoms with Gasteiger partial charge < -0.3 is 25.3 Å². The third-order valence-corrected chi connectivity index (χ3v) is 4.40. The molecule has 28 heavy (non-hydrogen) atoms. The summed E-state index contributed by atoms with van der Waals surface area (Å²) < 4.78 is 18.6. The predicted octanol–water partition coefficient (Wildman–Crippen LogP) is 2.99. The average molecular weight is 505 g/mol. The van der Waals surface area contributed by atoms with E-state index in [2.05, 4.69) is 39.5 Å². The number of hydrogen-bond donors (Lipinski definition) is 3. The van der Waals surface area contributed by atoms with Crippen LogP contribution in [0.1, 0.15) is 18.9 Å². The number of methoxy groups -OCH3 is 1. The molecule has 0 spiro atoms. The molecule has 0 radical (unpaired) electrons. The predicted molar refractivity (Wildman–Crippen MR) is 125 cm³/mol. The van der Waals surface area contributed by atoms with E-state index in [1.165, 1.54) is 6.07 Å². The number of H-pyrrole nitrogens is 1. The molecule has 0 amide bonds. The molecule has 0 unspecified atom stereocenters. The Morgan fingerprint density at radius 2 is 2.11 bits per heavy atom. The van der Waals surface area contributed by atoms with Gasteiger partial charge in [0.2, 0.25) is 0 Å². The normalized spacial score (nSPS) is 11.7. The summed E-state index contributed by atoms with van der Waals surface area (Å²) in [5.41, 5.74) is 2.06. The largest absolute Gasteiger partial charge is 0.385 e. The number of nitrogens with one attached hydrogen (secondary N) is 3. The Balaban J connectivity index is 0.00000392. The van der Waals surface area contributed by atoms with E-state index in [-0.39, 0.29) is 29.8 Å². The lowest BCUT2D eigenvalue weighted by atomic mass is 10.1. The summed E-state index contributed by atoms with van der Waals surface area (Å²) in [6, 6.07) is 4.83. The summed E-state index contributed by atoms with van der Waals surface area (Å²) in [6.07, 6.45) is 3.77. The van der Waals surface area contributed by atoms with Gasteiger partial charge in [0.15, 0.2) is 5.96 Å². The van der Waals surface area contributed by atoms with E-state index in [4.69, 9.17) is 4.74 Å². The van der Waals surface area contributed by atoms with Crippen LogP contribution in [0.2, 0.25) is 0 Å². The summed E-state index contributed by atoms with van der Waals surface area (Å²) in [6.45, 7) is 7.03. The van der Waals surface area contributed by atoms with Crippen LogP contribution in [0.5, 0.6) is 0 Å². The van der Waals surface area contributed by atoms with Crippen molar-refractivity contribution in [3.63, 3.8) is 0 Å². The van der Waals surface area contributed by atoms with Crippen LogP contribution in [0.25, 0.3) is 10.9 Å². The number of aromatic nitrogens is 1. The maximum atomic E-state index is 13.5. The van der Waals surface area contributed by atoms with Gasteiger partial charge in [0.25, 0.3) is 0 Å². The first-order valence-electron chi connectivity index (χ1n) is 9.59. The minimum atomic E-state index is -0.208. The fourth-order valence-electron chi connectivity index (χ4n) is 2.94. The molecule has 1 heterocycles. The number of fused-ring (bicyclic) bond motifs is 1. The fourth-order valence-corrected chi connectivity index (χ4v) is 2.94. The number of guanidine groups is 1. The molecular weight excluding hydrogens is 472 g/mol. The van der Waals surface area contributed by atoms with Crippen LogP contribution in [-0.4, -0.2) is 69.3 Å². The molecule has 0 fully saturated rings. The summed E-state index contributed by atoms with van der Waals surface area (Å²) in [5.74, 6) is 0.606. The zero-order valence-corrected chi connectivity index (χ0v) is 19.4. The van der Waals surface area contributed by atoms with Crippen LogP contribution in [0.15, 0.2) is 29.4 Å². The minimum Gasteiger partial charge on any atom is -0.385 e. The van der Waals surface area contributed by atoms with Gasteiger partial charge in [-0.05, 0) is 50.6 Å². The van der Waals surface area contributed by atoms with Crippen LogP contribution in [0.3, 0.4) is 0 Å². The van der Waals surface area contributed by atoms with Gasteiger partial charge in [-0.25, -0.2) is 4.39 Å². The van der Waals surface area contributed by atoms with Crippen LogP contribution < -0.4 is 10.6 Å². The fraction of sp³-hybridized carbons (Fsp3) is 0.550. The van der Waals surface area contributed by atoms with Crippen molar-refractivity contribution < 1.29 is 9.13 Å². The summed E-state index contributed by atoms with van der Waals surface area (Å²) >= 11 is 0. The third-order valence-electron chi connectivity index (χ3n) is 4.40. The molecule has 1 aromatic heterocycles. The standard InChI is InChI=1S/C20H32FN5O.HI/c1-4-22-20(24-10-12-26(2)11-5-13-27-3)23-9-8-16-15-25-19-7-6-17(21)14-18(16)19;/h6-7,14-15,25H,4-5,8-13H2,1-3H3,(H2,22,23,24);1H. The molecule has 8 heteroatoms. The smallest absolute Gasteiger partial charge is 0.191 e. The monoisotopic (exact) mass is 505 g/mol. The molecule has 6 nitrogen and oxygen atoms in total. The number of nitrogens with zero attached hydrogens (tertiary/aromatic N) is 2. The van der Waals surface area contributed by atoms with E-state index < -0.39 is 0 Å². The Morgan fingerprint density at radius 1 is 1.29 bits per heavy atom. The molecule has 0 aliphatic heterocycles. The molecule has 2 rings (SSSR count). The van der Waals surface area contributed by atoms with Crippen molar-refractivity contribution in [1.82, 2.24) is 20.5 Å². The van der Waals surface area contributed by atoms with Gasteiger partial charge in [-0.1, -0.05) is 0 Å². The SMILES string of the molecule is CCNC(=NCCN(C)CCCOC)NCCc1c[nH]c2ccc(F)cc12.I. The van der Waals surface area contributed by atoms with E-state index in [9.17, 15) is 4.39 Å². The van der Waals surface area contributed by atoms with Crippen LogP contribution in [0, 0.1) is 5.82 Å². The number of ether oxygens (including phenoxy) is 1. The highest BCUT2D eigenvalue weighted by molar-refractivity contribution is 14.0. The highest BCUT2D eigenvalue weighted by atomic mass is 127. The molecule has 2 aromatic rings. The highest BCUT2D eigenvalue weighted by Gasteiger charge is 2.05. The summed E-state index contributed by atoms with van der Waals surface area (Å²) in [7, 11) is 3.83. The van der Waals surface area contributed by atoms with Gasteiger partial charge in [-0.3, -0.25) is 4.99 Å². The van der Waals surface area contributed by atoms with Gasteiger partial charge >= 0.3 is 0 Å².